The van der Waals surface area contributed by atoms with Gasteiger partial charge in [-0.25, -0.2) is 14.1 Å². The van der Waals surface area contributed by atoms with Gasteiger partial charge in [-0.15, -0.1) is 0 Å². The van der Waals surface area contributed by atoms with Crippen molar-refractivity contribution in [2.24, 2.45) is 5.92 Å². The molecule has 1 aromatic carbocycles. The summed E-state index contributed by atoms with van der Waals surface area (Å²) in [5, 5.41) is 4.60. The molecule has 5 heteroatoms. The maximum absolute atomic E-state index is 14.2. The molecule has 4 nitrogen and oxygen atoms in total. The number of rotatable bonds is 4. The van der Waals surface area contributed by atoms with Crippen molar-refractivity contribution in [3.8, 4) is 0 Å². The van der Waals surface area contributed by atoms with Crippen molar-refractivity contribution in [2.45, 2.75) is 31.0 Å². The van der Waals surface area contributed by atoms with E-state index in [9.17, 15) is 4.39 Å². The van der Waals surface area contributed by atoms with E-state index in [0.717, 1.165) is 24.4 Å². The lowest BCUT2D eigenvalue weighted by molar-refractivity contribution is 0.184. The van der Waals surface area contributed by atoms with Crippen LogP contribution in [0.15, 0.2) is 30.3 Å². The summed E-state index contributed by atoms with van der Waals surface area (Å²) in [6, 6.07) is 9.95. The Morgan fingerprint density at radius 1 is 1.29 bits per heavy atom. The Balaban J connectivity index is 1.63. The Labute approximate surface area is 123 Å². The first-order valence-corrected chi connectivity index (χ1v) is 7.42. The van der Waals surface area contributed by atoms with E-state index in [0.29, 0.717) is 24.1 Å². The molecular formula is C16H18FN3O. The van der Waals surface area contributed by atoms with Gasteiger partial charge in [0.15, 0.2) is 17.8 Å². The molecule has 2 aromatic rings. The summed E-state index contributed by atoms with van der Waals surface area (Å²) in [5.74, 6) is 2.11. The van der Waals surface area contributed by atoms with E-state index >= 15 is 0 Å². The number of alkyl halides is 1. The van der Waals surface area contributed by atoms with Gasteiger partial charge >= 0.3 is 0 Å². The van der Waals surface area contributed by atoms with Gasteiger partial charge in [-0.05, 0) is 17.9 Å². The minimum Gasteiger partial charge on any atom is -0.384 e. The van der Waals surface area contributed by atoms with E-state index in [-0.39, 0.29) is 6.04 Å². The third kappa shape index (κ3) is 2.16. The number of hydrogen-bond acceptors (Lipinski definition) is 3. The summed E-state index contributed by atoms with van der Waals surface area (Å²) in [4.78, 5) is 4.46. The lowest BCUT2D eigenvalue weighted by Gasteiger charge is -2.11. The molecule has 21 heavy (non-hydrogen) atoms. The molecule has 1 fully saturated rings. The molecule has 4 rings (SSSR count). The van der Waals surface area contributed by atoms with E-state index in [1.165, 1.54) is 0 Å². The topological polar surface area (TPSA) is 39.9 Å². The molecular weight excluding hydrogens is 269 g/mol. The zero-order valence-electron chi connectivity index (χ0n) is 11.9. The van der Waals surface area contributed by atoms with Gasteiger partial charge in [-0.1, -0.05) is 30.3 Å². The summed E-state index contributed by atoms with van der Waals surface area (Å²) in [5.41, 5.74) is 1.10. The van der Waals surface area contributed by atoms with Gasteiger partial charge in [0.05, 0.1) is 6.04 Å². The molecule has 0 N–H and O–H groups in total. The van der Waals surface area contributed by atoms with Crippen LogP contribution in [0.3, 0.4) is 0 Å². The third-order valence-corrected chi connectivity index (χ3v) is 4.50. The van der Waals surface area contributed by atoms with Crippen molar-refractivity contribution in [2.75, 3.05) is 13.7 Å². The fourth-order valence-corrected chi connectivity index (χ4v) is 3.27. The van der Waals surface area contributed by atoms with Gasteiger partial charge in [0.2, 0.25) is 0 Å². The van der Waals surface area contributed by atoms with Crippen molar-refractivity contribution in [3.05, 3.63) is 47.5 Å². The third-order valence-electron chi connectivity index (χ3n) is 4.50. The van der Waals surface area contributed by atoms with E-state index in [1.807, 2.05) is 30.3 Å². The van der Waals surface area contributed by atoms with E-state index in [4.69, 9.17) is 4.74 Å². The molecule has 0 radical (unpaired) electrons. The number of hydrogen-bond donors (Lipinski definition) is 0. The Kier molecular flexibility index (Phi) is 3.03. The molecule has 0 amide bonds. The smallest absolute Gasteiger partial charge is 0.162 e. The van der Waals surface area contributed by atoms with Crippen LogP contribution >= 0.6 is 0 Å². The standard InChI is InChI=1S/C16H18FN3O/c1-21-9-11-7-12(11)15-18-16-13(17)8-14(20(16)19-15)10-5-3-2-4-6-10/h2-6,11-14H,7-9H2,1H3. The molecule has 1 aliphatic carbocycles. The predicted octanol–water partition coefficient (Wildman–Crippen LogP) is 3.03. The highest BCUT2D eigenvalue weighted by Gasteiger charge is 2.44. The molecule has 1 saturated carbocycles. The highest BCUT2D eigenvalue weighted by Crippen LogP contribution is 2.48. The number of ether oxygens (including phenoxy) is 1. The molecule has 0 spiro atoms. The quantitative estimate of drug-likeness (QED) is 0.867. The lowest BCUT2D eigenvalue weighted by Crippen LogP contribution is -2.07. The van der Waals surface area contributed by atoms with E-state index < -0.39 is 6.17 Å². The van der Waals surface area contributed by atoms with Gasteiger partial charge in [0.1, 0.15) is 0 Å². The summed E-state index contributed by atoms with van der Waals surface area (Å²) in [6.45, 7) is 0.732. The summed E-state index contributed by atoms with van der Waals surface area (Å²) in [7, 11) is 1.71. The van der Waals surface area contributed by atoms with Crippen LogP contribution in [0.1, 0.15) is 48.2 Å². The predicted molar refractivity (Wildman–Crippen MR) is 75.8 cm³/mol. The second-order valence-electron chi connectivity index (χ2n) is 5.96. The Hall–Kier alpha value is -1.75. The van der Waals surface area contributed by atoms with Gasteiger partial charge in [0.25, 0.3) is 0 Å². The molecule has 0 saturated heterocycles. The van der Waals surface area contributed by atoms with E-state index in [2.05, 4.69) is 10.1 Å². The van der Waals surface area contributed by atoms with Crippen LogP contribution in [0.4, 0.5) is 4.39 Å². The average molecular weight is 287 g/mol. The number of halogens is 1. The van der Waals surface area contributed by atoms with Gasteiger partial charge < -0.3 is 4.74 Å². The van der Waals surface area contributed by atoms with Crippen LogP contribution in [-0.2, 0) is 4.74 Å². The van der Waals surface area contributed by atoms with Crippen LogP contribution in [0.2, 0.25) is 0 Å². The molecule has 2 heterocycles. The van der Waals surface area contributed by atoms with Gasteiger partial charge in [-0.2, -0.15) is 5.10 Å². The van der Waals surface area contributed by atoms with Crippen LogP contribution in [-0.4, -0.2) is 28.5 Å². The first-order valence-electron chi connectivity index (χ1n) is 7.42. The largest absolute Gasteiger partial charge is 0.384 e. The normalized spacial score (nSPS) is 30.4. The number of methoxy groups -OCH3 is 1. The van der Waals surface area contributed by atoms with Gasteiger partial charge in [-0.3, -0.25) is 0 Å². The van der Waals surface area contributed by atoms with Crippen LogP contribution < -0.4 is 0 Å². The second kappa shape index (κ2) is 4.91. The van der Waals surface area contributed by atoms with Crippen molar-refractivity contribution >= 4 is 0 Å². The zero-order valence-corrected chi connectivity index (χ0v) is 11.9. The summed E-state index contributed by atoms with van der Waals surface area (Å²) >= 11 is 0. The van der Waals surface area contributed by atoms with Crippen molar-refractivity contribution in [1.29, 1.82) is 0 Å². The highest BCUT2D eigenvalue weighted by molar-refractivity contribution is 5.24. The van der Waals surface area contributed by atoms with Crippen LogP contribution in [0.25, 0.3) is 0 Å². The van der Waals surface area contributed by atoms with Crippen molar-refractivity contribution in [3.63, 3.8) is 0 Å². The molecule has 0 bridgehead atoms. The van der Waals surface area contributed by atoms with Crippen LogP contribution in [0, 0.1) is 5.92 Å². The van der Waals surface area contributed by atoms with Crippen molar-refractivity contribution in [1.82, 2.24) is 14.8 Å². The first kappa shape index (κ1) is 13.0. The molecule has 1 aliphatic heterocycles. The Morgan fingerprint density at radius 3 is 2.86 bits per heavy atom. The monoisotopic (exact) mass is 287 g/mol. The number of aromatic nitrogens is 3. The highest BCUT2D eigenvalue weighted by atomic mass is 19.1. The molecule has 4 unspecified atom stereocenters. The fraction of sp³-hybridized carbons (Fsp3) is 0.500. The summed E-state index contributed by atoms with van der Waals surface area (Å²) in [6.07, 6.45) is 0.465. The minimum atomic E-state index is -1.02. The average Bonchev–Trinajstić information content (AvgIpc) is 3.02. The second-order valence-corrected chi connectivity index (χ2v) is 5.96. The SMILES string of the molecule is COCC1CC1c1nc2n(n1)C(c1ccccc1)CC2F. The summed E-state index contributed by atoms with van der Waals surface area (Å²) < 4.78 is 21.2. The first-order chi connectivity index (χ1) is 10.3. The number of nitrogens with zero attached hydrogens (tertiary/aromatic N) is 3. The lowest BCUT2D eigenvalue weighted by atomic mass is 10.0. The van der Waals surface area contributed by atoms with Gasteiger partial charge in [0, 0.05) is 26.1 Å². The van der Waals surface area contributed by atoms with Crippen molar-refractivity contribution < 1.29 is 9.13 Å². The Bertz CT molecular complexity index is 642. The molecule has 2 aliphatic rings. The number of benzene rings is 1. The number of fused-ring (bicyclic) bond motifs is 1. The fourth-order valence-electron chi connectivity index (χ4n) is 3.27. The van der Waals surface area contributed by atoms with Crippen LogP contribution in [0.5, 0.6) is 0 Å². The zero-order chi connectivity index (χ0) is 14.4. The molecule has 110 valence electrons. The maximum atomic E-state index is 14.2. The van der Waals surface area contributed by atoms with E-state index in [1.54, 1.807) is 11.8 Å². The Morgan fingerprint density at radius 2 is 2.10 bits per heavy atom. The minimum absolute atomic E-state index is 0.0305. The molecule has 4 atom stereocenters. The maximum Gasteiger partial charge on any atom is 0.162 e. The molecule has 1 aromatic heterocycles.